The van der Waals surface area contributed by atoms with Gasteiger partial charge in [0.15, 0.2) is 7.28 Å². The van der Waals surface area contributed by atoms with Crippen LogP contribution >= 0.6 is 23.2 Å². The molecule has 1 N–H and O–H groups in total. The lowest BCUT2D eigenvalue weighted by Crippen LogP contribution is -2.06. The lowest BCUT2D eigenvalue weighted by molar-refractivity contribution is 0.0696. The second-order valence-corrected chi connectivity index (χ2v) is 4.29. The summed E-state index contributed by atoms with van der Waals surface area (Å²) in [5, 5.41) is 9.51. The maximum atomic E-state index is 10.9. The average molecular weight is 258 g/mol. The molecule has 0 bridgehead atoms. The van der Waals surface area contributed by atoms with Crippen molar-refractivity contribution >= 4 is 36.5 Å². The van der Waals surface area contributed by atoms with Crippen LogP contribution in [0, 0.1) is 0 Å². The first-order valence-corrected chi connectivity index (χ1v) is 5.52. The summed E-state index contributed by atoms with van der Waals surface area (Å²) < 4.78 is 5.42. The van der Waals surface area contributed by atoms with E-state index < -0.39 is 5.97 Å². The molecule has 83 valence electrons. The standard InChI is InChI=1S/C10H8BCl2O3/c12-7-4-8(13)6(10(14)15)3-5(7)9-11-1-2-16-9/h3-4,9H,1-2H2,(H,14,15). The zero-order valence-corrected chi connectivity index (χ0v) is 9.76. The molecule has 0 aliphatic carbocycles. The smallest absolute Gasteiger partial charge is 0.337 e. The highest BCUT2D eigenvalue weighted by Crippen LogP contribution is 2.33. The summed E-state index contributed by atoms with van der Waals surface area (Å²) in [5.74, 6) is -1.07. The normalized spacial score (nSPS) is 19.5. The molecular formula is C10H8BCl2O3. The van der Waals surface area contributed by atoms with Crippen LogP contribution in [0.15, 0.2) is 12.1 Å². The Balaban J connectivity index is 2.44. The molecule has 0 spiro atoms. The number of aromatic carboxylic acids is 1. The van der Waals surface area contributed by atoms with Crippen LogP contribution in [0.4, 0.5) is 0 Å². The van der Waals surface area contributed by atoms with E-state index >= 15 is 0 Å². The van der Waals surface area contributed by atoms with Crippen LogP contribution in [-0.2, 0) is 4.74 Å². The number of benzene rings is 1. The summed E-state index contributed by atoms with van der Waals surface area (Å²) >= 11 is 11.8. The number of hydrogen-bond donors (Lipinski definition) is 1. The summed E-state index contributed by atoms with van der Waals surface area (Å²) in [6, 6.07) is 2.68. The van der Waals surface area contributed by atoms with Crippen molar-refractivity contribution in [3.63, 3.8) is 0 Å². The minimum Gasteiger partial charge on any atom is -0.478 e. The van der Waals surface area contributed by atoms with Crippen molar-refractivity contribution in [1.29, 1.82) is 0 Å². The highest BCUT2D eigenvalue weighted by molar-refractivity contribution is 6.40. The van der Waals surface area contributed by atoms with Crippen LogP contribution < -0.4 is 0 Å². The highest BCUT2D eigenvalue weighted by atomic mass is 35.5. The van der Waals surface area contributed by atoms with Gasteiger partial charge in [0.2, 0.25) is 0 Å². The zero-order chi connectivity index (χ0) is 11.7. The minimum atomic E-state index is -1.07. The molecule has 0 aromatic heterocycles. The molecule has 1 heterocycles. The summed E-state index contributed by atoms with van der Waals surface area (Å²) in [6.45, 7) is 0.631. The number of ether oxygens (including phenoxy) is 1. The van der Waals surface area contributed by atoms with Gasteiger partial charge in [0.1, 0.15) is 0 Å². The molecular weight excluding hydrogens is 250 g/mol. The second kappa shape index (κ2) is 4.66. The van der Waals surface area contributed by atoms with Crippen molar-refractivity contribution in [1.82, 2.24) is 0 Å². The van der Waals surface area contributed by atoms with Gasteiger partial charge in [-0.2, -0.15) is 0 Å². The molecule has 2 rings (SSSR count). The van der Waals surface area contributed by atoms with Crippen molar-refractivity contribution in [2.75, 3.05) is 6.61 Å². The van der Waals surface area contributed by atoms with Gasteiger partial charge in [0, 0.05) is 11.6 Å². The number of carboxylic acid groups (broad SMARTS) is 1. The van der Waals surface area contributed by atoms with E-state index in [1.165, 1.54) is 12.1 Å². The average Bonchev–Trinajstić information content (AvgIpc) is 2.70. The predicted molar refractivity (Wildman–Crippen MR) is 62.7 cm³/mol. The van der Waals surface area contributed by atoms with Crippen molar-refractivity contribution in [2.45, 2.75) is 12.3 Å². The van der Waals surface area contributed by atoms with Crippen LogP contribution in [0.1, 0.15) is 21.9 Å². The minimum absolute atomic E-state index is 0.0463. The third kappa shape index (κ3) is 2.19. The summed E-state index contributed by atoms with van der Waals surface area (Å²) in [5.41, 5.74) is 0.700. The maximum absolute atomic E-state index is 10.9. The van der Waals surface area contributed by atoms with Gasteiger partial charge < -0.3 is 9.84 Å². The Bertz CT molecular complexity index is 430. The lowest BCUT2D eigenvalue weighted by Gasteiger charge is -2.13. The Kier molecular flexibility index (Phi) is 3.43. The topological polar surface area (TPSA) is 46.5 Å². The zero-order valence-electron chi connectivity index (χ0n) is 8.24. The number of halogens is 2. The quantitative estimate of drug-likeness (QED) is 0.829. The molecule has 6 heteroatoms. The third-order valence-corrected chi connectivity index (χ3v) is 3.06. The van der Waals surface area contributed by atoms with Crippen LogP contribution in [0.2, 0.25) is 16.4 Å². The molecule has 1 atom stereocenters. The number of hydrogen-bond acceptors (Lipinski definition) is 2. The van der Waals surface area contributed by atoms with E-state index in [-0.39, 0.29) is 16.6 Å². The molecule has 16 heavy (non-hydrogen) atoms. The van der Waals surface area contributed by atoms with Crippen molar-refractivity contribution in [3.05, 3.63) is 33.3 Å². The van der Waals surface area contributed by atoms with Gasteiger partial charge >= 0.3 is 5.97 Å². The van der Waals surface area contributed by atoms with E-state index in [0.29, 0.717) is 17.2 Å². The van der Waals surface area contributed by atoms with E-state index in [1.54, 1.807) is 0 Å². The van der Waals surface area contributed by atoms with Gasteiger partial charge in [-0.25, -0.2) is 4.79 Å². The molecule has 0 amide bonds. The molecule has 1 unspecified atom stereocenters. The van der Waals surface area contributed by atoms with Gasteiger partial charge in [0.05, 0.1) is 16.6 Å². The van der Waals surface area contributed by atoms with Crippen molar-refractivity contribution in [2.24, 2.45) is 0 Å². The number of carboxylic acids is 1. The fraction of sp³-hybridized carbons (Fsp3) is 0.300. The van der Waals surface area contributed by atoms with Crippen LogP contribution in [0.25, 0.3) is 0 Å². The first kappa shape index (κ1) is 11.8. The van der Waals surface area contributed by atoms with E-state index in [0.717, 1.165) is 6.32 Å². The Morgan fingerprint density at radius 1 is 1.44 bits per heavy atom. The molecule has 0 saturated carbocycles. The SMILES string of the molecule is O=C(O)c1cc(C2[B]CCO2)c(Cl)cc1Cl. The van der Waals surface area contributed by atoms with Crippen LogP contribution in [0.5, 0.6) is 0 Å². The Morgan fingerprint density at radius 3 is 2.75 bits per heavy atom. The molecule has 1 aromatic carbocycles. The van der Waals surface area contributed by atoms with Crippen LogP contribution in [0.3, 0.4) is 0 Å². The molecule has 3 nitrogen and oxygen atoms in total. The van der Waals surface area contributed by atoms with Gasteiger partial charge in [-0.05, 0) is 17.7 Å². The van der Waals surface area contributed by atoms with E-state index in [2.05, 4.69) is 0 Å². The Labute approximate surface area is 104 Å². The van der Waals surface area contributed by atoms with E-state index in [4.69, 9.17) is 33.0 Å². The fourth-order valence-corrected chi connectivity index (χ4v) is 2.22. The molecule has 1 saturated heterocycles. The number of rotatable bonds is 2. The molecule has 1 aliphatic heterocycles. The summed E-state index contributed by atoms with van der Waals surface area (Å²) in [6.07, 6.45) is 0.839. The summed E-state index contributed by atoms with van der Waals surface area (Å²) in [7, 11) is 1.96. The first-order chi connectivity index (χ1) is 7.59. The van der Waals surface area contributed by atoms with Gasteiger partial charge in [-0.1, -0.05) is 29.5 Å². The predicted octanol–water partition coefficient (Wildman–Crippen LogP) is 2.84. The van der Waals surface area contributed by atoms with Crippen LogP contribution in [-0.4, -0.2) is 25.0 Å². The monoisotopic (exact) mass is 257 g/mol. The van der Waals surface area contributed by atoms with Gasteiger partial charge in [-0.15, -0.1) is 0 Å². The van der Waals surface area contributed by atoms with Gasteiger partial charge in [-0.3, -0.25) is 0 Å². The number of carbonyl (C=O) groups is 1. The van der Waals surface area contributed by atoms with Gasteiger partial charge in [0.25, 0.3) is 0 Å². The highest BCUT2D eigenvalue weighted by Gasteiger charge is 2.23. The largest absolute Gasteiger partial charge is 0.478 e. The Morgan fingerprint density at radius 2 is 2.19 bits per heavy atom. The van der Waals surface area contributed by atoms with E-state index in [9.17, 15) is 4.79 Å². The van der Waals surface area contributed by atoms with Crippen molar-refractivity contribution in [3.8, 4) is 0 Å². The second-order valence-electron chi connectivity index (χ2n) is 3.47. The third-order valence-electron chi connectivity index (χ3n) is 2.42. The molecule has 1 aromatic rings. The lowest BCUT2D eigenvalue weighted by atomic mass is 9.68. The van der Waals surface area contributed by atoms with E-state index in [1.807, 2.05) is 7.28 Å². The molecule has 1 fully saturated rings. The fourth-order valence-electron chi connectivity index (χ4n) is 1.65. The Hall–Kier alpha value is -0.705. The first-order valence-electron chi connectivity index (χ1n) is 4.77. The van der Waals surface area contributed by atoms with Crippen molar-refractivity contribution < 1.29 is 14.6 Å². The maximum Gasteiger partial charge on any atom is 0.337 e. The summed E-state index contributed by atoms with van der Waals surface area (Å²) in [4.78, 5) is 10.9. The molecule has 1 aliphatic rings. The molecule has 1 radical (unpaired) electrons.